The Labute approximate surface area is 164 Å². The van der Waals surface area contributed by atoms with Crippen LogP contribution in [0.3, 0.4) is 0 Å². The van der Waals surface area contributed by atoms with Crippen molar-refractivity contribution >= 4 is 56.7 Å². The van der Waals surface area contributed by atoms with Crippen LogP contribution in [0.2, 0.25) is 5.02 Å². The lowest BCUT2D eigenvalue weighted by Crippen LogP contribution is -2.30. The summed E-state index contributed by atoms with van der Waals surface area (Å²) in [6.07, 6.45) is 0. The highest BCUT2D eigenvalue weighted by Crippen LogP contribution is 2.34. The number of thiazole rings is 1. The van der Waals surface area contributed by atoms with Crippen LogP contribution in [0.15, 0.2) is 46.6 Å². The van der Waals surface area contributed by atoms with Crippen molar-refractivity contribution < 1.29 is 9.59 Å². The first-order valence-electron chi connectivity index (χ1n) is 7.66. The van der Waals surface area contributed by atoms with Crippen LogP contribution >= 0.6 is 34.3 Å². The van der Waals surface area contributed by atoms with Gasteiger partial charge in [-0.05, 0) is 35.7 Å². The maximum atomic E-state index is 13.0. The second-order valence-corrected chi connectivity index (χ2v) is 8.00. The van der Waals surface area contributed by atoms with Gasteiger partial charge in [0.1, 0.15) is 4.88 Å². The molecule has 10 heteroatoms. The van der Waals surface area contributed by atoms with E-state index >= 15 is 0 Å². The number of amides is 2. The minimum atomic E-state index is -0.515. The highest BCUT2D eigenvalue weighted by atomic mass is 35.5. The minimum absolute atomic E-state index is 0.111. The Morgan fingerprint density at radius 3 is 2.48 bits per heavy atom. The summed E-state index contributed by atoms with van der Waals surface area (Å²) in [7, 11) is 0. The number of hydrogen-bond donors (Lipinski definition) is 0. The first kappa shape index (κ1) is 16.3. The third-order valence-electron chi connectivity index (χ3n) is 4.04. The number of carbonyl (C=O) groups is 2. The molecular weight excluding hydrogens is 408 g/mol. The fourth-order valence-corrected chi connectivity index (χ4v) is 4.65. The summed E-state index contributed by atoms with van der Waals surface area (Å²) in [5.41, 5.74) is 0.179. The van der Waals surface area contributed by atoms with Gasteiger partial charge in [-0.25, -0.2) is 4.90 Å². The summed E-state index contributed by atoms with van der Waals surface area (Å²) in [6.45, 7) is 0. The molecule has 7 nitrogen and oxygen atoms in total. The van der Waals surface area contributed by atoms with Crippen molar-refractivity contribution in [3.63, 3.8) is 0 Å². The van der Waals surface area contributed by atoms with Crippen LogP contribution in [0.4, 0.5) is 5.69 Å². The molecular formula is C17H7ClN4O3S2. The maximum absolute atomic E-state index is 13.0. The summed E-state index contributed by atoms with van der Waals surface area (Å²) in [5, 5.41) is 6.64. The number of thiophene rings is 1. The van der Waals surface area contributed by atoms with Crippen molar-refractivity contribution in [2.75, 3.05) is 4.90 Å². The summed E-state index contributed by atoms with van der Waals surface area (Å²) in [4.78, 5) is 44.2. The molecule has 0 fully saturated rings. The highest BCUT2D eigenvalue weighted by Gasteiger charge is 2.41. The van der Waals surface area contributed by atoms with Crippen LogP contribution in [-0.2, 0) is 0 Å². The van der Waals surface area contributed by atoms with Gasteiger partial charge in [-0.1, -0.05) is 29.0 Å². The van der Waals surface area contributed by atoms with Crippen molar-refractivity contribution in [1.82, 2.24) is 14.6 Å². The molecule has 1 aliphatic rings. The molecule has 1 aromatic carbocycles. The number of halogens is 1. The number of carbonyl (C=O) groups excluding carboxylic acids is 2. The standard InChI is InChI=1S/C17H7ClN4O3S2/c18-8-3-5-9(6-4-8)21-15(24)12-13(16(21)25)27-17-19-14(23)11(20-22(12)17)10-2-1-7-26-10/h1-7H. The lowest BCUT2D eigenvalue weighted by Gasteiger charge is -2.13. The molecule has 0 radical (unpaired) electrons. The molecule has 0 bridgehead atoms. The number of hydrogen-bond acceptors (Lipinski definition) is 7. The van der Waals surface area contributed by atoms with Gasteiger partial charge >= 0.3 is 5.56 Å². The average molecular weight is 415 g/mol. The van der Waals surface area contributed by atoms with E-state index in [1.807, 2.05) is 5.38 Å². The molecule has 0 aliphatic carbocycles. The Hall–Kier alpha value is -2.88. The molecule has 0 saturated carbocycles. The van der Waals surface area contributed by atoms with Crippen LogP contribution in [-0.4, -0.2) is 26.4 Å². The molecule has 0 spiro atoms. The Kier molecular flexibility index (Phi) is 3.51. The van der Waals surface area contributed by atoms with E-state index in [-0.39, 0.29) is 21.2 Å². The van der Waals surface area contributed by atoms with Crippen LogP contribution in [0.25, 0.3) is 15.5 Å². The van der Waals surface area contributed by atoms with Gasteiger partial charge < -0.3 is 0 Å². The van der Waals surface area contributed by atoms with Gasteiger partial charge in [0.25, 0.3) is 11.8 Å². The predicted octanol–water partition coefficient (Wildman–Crippen LogP) is 3.33. The second kappa shape index (κ2) is 5.81. The topological polar surface area (TPSA) is 84.6 Å². The summed E-state index contributed by atoms with van der Waals surface area (Å²) in [6, 6.07) is 9.95. The molecule has 0 saturated heterocycles. The Balaban J connectivity index is 1.70. The number of nitrogens with zero attached hydrogens (tertiary/aromatic N) is 4. The third-order valence-corrected chi connectivity index (χ3v) is 6.19. The summed E-state index contributed by atoms with van der Waals surface area (Å²) in [5.74, 6) is -0.988. The first-order chi connectivity index (χ1) is 13.0. The van der Waals surface area contributed by atoms with Crippen molar-refractivity contribution in [2.24, 2.45) is 0 Å². The molecule has 27 heavy (non-hydrogen) atoms. The molecule has 1 aliphatic heterocycles. The summed E-state index contributed by atoms with van der Waals surface area (Å²) >= 11 is 8.20. The normalized spacial score (nSPS) is 13.6. The molecule has 0 N–H and O–H groups in total. The highest BCUT2D eigenvalue weighted by molar-refractivity contribution is 7.19. The van der Waals surface area contributed by atoms with Crippen molar-refractivity contribution in [1.29, 1.82) is 0 Å². The van der Waals surface area contributed by atoms with Crippen molar-refractivity contribution in [3.05, 3.63) is 67.7 Å². The average Bonchev–Trinajstić information content (AvgIpc) is 3.34. The second-order valence-electron chi connectivity index (χ2n) is 5.64. The Bertz CT molecular complexity index is 1290. The van der Waals surface area contributed by atoms with E-state index in [0.717, 1.165) is 16.2 Å². The fraction of sp³-hybridized carbons (Fsp3) is 0. The maximum Gasteiger partial charge on any atom is 0.301 e. The van der Waals surface area contributed by atoms with Gasteiger partial charge in [0.15, 0.2) is 11.4 Å². The Morgan fingerprint density at radius 1 is 1.00 bits per heavy atom. The molecule has 5 rings (SSSR count). The number of fused-ring (bicyclic) bond motifs is 3. The zero-order valence-corrected chi connectivity index (χ0v) is 15.6. The van der Waals surface area contributed by atoms with Gasteiger partial charge in [0, 0.05) is 5.02 Å². The van der Waals surface area contributed by atoms with E-state index in [1.165, 1.54) is 15.9 Å². The molecule has 0 unspecified atom stereocenters. The van der Waals surface area contributed by atoms with Gasteiger partial charge in [0.2, 0.25) is 4.96 Å². The zero-order chi connectivity index (χ0) is 18.7. The van der Waals surface area contributed by atoms with Gasteiger partial charge in [0.05, 0.1) is 10.6 Å². The van der Waals surface area contributed by atoms with Crippen molar-refractivity contribution in [2.45, 2.75) is 0 Å². The Morgan fingerprint density at radius 2 is 1.78 bits per heavy atom. The van der Waals surface area contributed by atoms with E-state index in [2.05, 4.69) is 10.1 Å². The van der Waals surface area contributed by atoms with E-state index < -0.39 is 17.4 Å². The number of benzene rings is 1. The molecule has 4 aromatic rings. The van der Waals surface area contributed by atoms with Gasteiger partial charge in [-0.15, -0.1) is 11.3 Å². The van der Waals surface area contributed by atoms with Crippen LogP contribution in [0.5, 0.6) is 0 Å². The molecule has 132 valence electrons. The van der Waals surface area contributed by atoms with E-state index in [9.17, 15) is 14.4 Å². The van der Waals surface area contributed by atoms with Crippen molar-refractivity contribution in [3.8, 4) is 10.6 Å². The quantitative estimate of drug-likeness (QED) is 0.470. The largest absolute Gasteiger partial charge is 0.301 e. The number of imide groups is 1. The van der Waals surface area contributed by atoms with E-state index in [4.69, 9.17) is 11.6 Å². The van der Waals surface area contributed by atoms with Crippen LogP contribution in [0, 0.1) is 0 Å². The number of anilines is 1. The van der Waals surface area contributed by atoms with Gasteiger partial charge in [-0.2, -0.15) is 14.6 Å². The van der Waals surface area contributed by atoms with Crippen LogP contribution in [0.1, 0.15) is 20.2 Å². The lowest BCUT2D eigenvalue weighted by atomic mass is 10.3. The zero-order valence-electron chi connectivity index (χ0n) is 13.2. The SMILES string of the molecule is O=C1c2sc3nc(=O)c(-c4cccs4)nn3c2C(=O)N1c1ccc(Cl)cc1. The monoisotopic (exact) mass is 414 g/mol. The molecule has 2 amide bonds. The smallest absolute Gasteiger partial charge is 0.267 e. The number of rotatable bonds is 2. The third kappa shape index (κ3) is 2.36. The molecule has 3 aromatic heterocycles. The first-order valence-corrected chi connectivity index (χ1v) is 9.74. The fourth-order valence-electron chi connectivity index (χ4n) is 2.85. The minimum Gasteiger partial charge on any atom is -0.267 e. The van der Waals surface area contributed by atoms with Gasteiger partial charge in [-0.3, -0.25) is 14.4 Å². The van der Waals surface area contributed by atoms with Crippen LogP contribution < -0.4 is 10.5 Å². The van der Waals surface area contributed by atoms with E-state index in [1.54, 1.807) is 36.4 Å². The van der Waals surface area contributed by atoms with E-state index in [0.29, 0.717) is 15.6 Å². The summed E-state index contributed by atoms with van der Waals surface area (Å²) < 4.78 is 1.28. The molecule has 0 atom stereocenters. The molecule has 4 heterocycles. The lowest BCUT2D eigenvalue weighted by molar-refractivity contribution is 0.0924. The predicted molar refractivity (Wildman–Crippen MR) is 103 cm³/mol. The number of aromatic nitrogens is 3.